The number of para-hydroxylation sites is 2. The van der Waals surface area contributed by atoms with Gasteiger partial charge in [-0.05, 0) is 101 Å². The molecule has 0 bridgehead atoms. The summed E-state index contributed by atoms with van der Waals surface area (Å²) in [6.07, 6.45) is 22.3. The summed E-state index contributed by atoms with van der Waals surface area (Å²) in [5.74, 6) is 0.365. The number of rotatable bonds is 2. The monoisotopic (exact) mass is 716 g/mol. The van der Waals surface area contributed by atoms with Gasteiger partial charge in [-0.25, -0.2) is 0 Å². The minimum Gasteiger partial charge on any atom is -0.332 e. The average molecular weight is 717 g/mol. The van der Waals surface area contributed by atoms with Crippen LogP contribution in [0.25, 0.3) is 11.1 Å². The molecule has 0 amide bonds. The van der Waals surface area contributed by atoms with Crippen LogP contribution in [-0.2, 0) is 5.41 Å². The maximum Gasteiger partial charge on any atom is 0.0688 e. The second-order valence-corrected chi connectivity index (χ2v) is 17.2. The van der Waals surface area contributed by atoms with Crippen molar-refractivity contribution in [2.24, 2.45) is 5.92 Å². The Morgan fingerprint density at radius 1 is 0.660 bits per heavy atom. The molecular formula is C49H36N2S2. The van der Waals surface area contributed by atoms with Crippen LogP contribution >= 0.6 is 23.5 Å². The standard InChI is InChI=1S/C49H36N2S2/c1-3-16-35-32(14-1)33-29-28-31(50-39-19-5-9-24-44(39)52-45-25-10-6-20-40(45)50)30-38(33)49(35)36-17-4-2-15-34(36)48-37(49)18-13-23-43(48)51-41-21-7-11-26-46(41)53-47-27-12-8-22-42(47)51/h1-9,11-18,20-24,26-30,37,39,48H,10,19,25H2. The van der Waals surface area contributed by atoms with Crippen molar-refractivity contribution in [3.63, 3.8) is 0 Å². The van der Waals surface area contributed by atoms with E-state index in [0.29, 0.717) is 6.04 Å². The lowest BCUT2D eigenvalue weighted by Crippen LogP contribution is -2.39. The first kappa shape index (κ1) is 30.3. The van der Waals surface area contributed by atoms with Crippen LogP contribution in [0, 0.1) is 5.92 Å². The normalized spacial score (nSPS) is 25.1. The quantitative estimate of drug-likeness (QED) is 0.179. The van der Waals surface area contributed by atoms with E-state index in [1.54, 1.807) is 0 Å². The summed E-state index contributed by atoms with van der Waals surface area (Å²) in [6.45, 7) is 0. The number of hydrogen-bond donors (Lipinski definition) is 0. The van der Waals surface area contributed by atoms with E-state index in [2.05, 4.69) is 174 Å². The minimum atomic E-state index is -0.335. The highest BCUT2D eigenvalue weighted by molar-refractivity contribution is 8.06. The fourth-order valence-electron chi connectivity index (χ4n) is 10.5. The number of benzene rings is 5. The summed E-state index contributed by atoms with van der Waals surface area (Å²) in [4.78, 5) is 10.8. The summed E-state index contributed by atoms with van der Waals surface area (Å²) in [7, 11) is 0. The smallest absolute Gasteiger partial charge is 0.0688 e. The van der Waals surface area contributed by atoms with Gasteiger partial charge < -0.3 is 9.80 Å². The maximum atomic E-state index is 2.67. The predicted molar refractivity (Wildman–Crippen MR) is 222 cm³/mol. The molecule has 2 aliphatic heterocycles. The number of nitrogens with zero attached hydrogens (tertiary/aromatic N) is 2. The van der Waals surface area contributed by atoms with E-state index >= 15 is 0 Å². The van der Waals surface area contributed by atoms with Crippen molar-refractivity contribution in [1.29, 1.82) is 0 Å². The number of allylic oxidation sites excluding steroid dienone is 9. The van der Waals surface area contributed by atoms with Crippen LogP contribution in [0.15, 0.2) is 195 Å². The Hall–Kier alpha value is -5.16. The summed E-state index contributed by atoms with van der Waals surface area (Å²) < 4.78 is 0. The Morgan fingerprint density at radius 3 is 2.28 bits per heavy atom. The van der Waals surface area contributed by atoms with Crippen LogP contribution < -0.4 is 9.80 Å². The summed E-state index contributed by atoms with van der Waals surface area (Å²) in [5, 5.41) is 0. The Kier molecular flexibility index (Phi) is 6.53. The van der Waals surface area contributed by atoms with Crippen molar-refractivity contribution in [3.8, 4) is 11.1 Å². The zero-order valence-corrected chi connectivity index (χ0v) is 30.8. The van der Waals surface area contributed by atoms with Crippen molar-refractivity contribution in [2.75, 3.05) is 9.80 Å². The predicted octanol–water partition coefficient (Wildman–Crippen LogP) is 12.8. The number of thioether (sulfide) groups is 1. The highest BCUT2D eigenvalue weighted by atomic mass is 32.2. The molecule has 0 radical (unpaired) electrons. The van der Waals surface area contributed by atoms with Crippen molar-refractivity contribution in [1.82, 2.24) is 0 Å². The molecule has 53 heavy (non-hydrogen) atoms. The minimum absolute atomic E-state index is 0.170. The van der Waals surface area contributed by atoms with Gasteiger partial charge >= 0.3 is 0 Å². The molecule has 5 aromatic rings. The Morgan fingerprint density at radius 2 is 1.42 bits per heavy atom. The van der Waals surface area contributed by atoms with Crippen molar-refractivity contribution >= 4 is 40.6 Å². The van der Waals surface area contributed by atoms with Crippen LogP contribution in [0.2, 0.25) is 0 Å². The average Bonchev–Trinajstić information content (AvgIpc) is 3.69. The van der Waals surface area contributed by atoms with E-state index in [0.717, 1.165) is 19.3 Å². The first-order chi connectivity index (χ1) is 26.3. The largest absolute Gasteiger partial charge is 0.332 e. The molecule has 1 spiro atoms. The Balaban J connectivity index is 1.09. The van der Waals surface area contributed by atoms with Gasteiger partial charge in [0, 0.05) is 42.8 Å². The van der Waals surface area contributed by atoms with E-state index in [4.69, 9.17) is 0 Å². The van der Waals surface area contributed by atoms with Gasteiger partial charge in [0.2, 0.25) is 0 Å². The fourth-order valence-corrected chi connectivity index (χ4v) is 12.8. The van der Waals surface area contributed by atoms with E-state index in [9.17, 15) is 0 Å². The zero-order chi connectivity index (χ0) is 34.7. The summed E-state index contributed by atoms with van der Waals surface area (Å²) in [5.41, 5.74) is 14.7. The summed E-state index contributed by atoms with van der Waals surface area (Å²) >= 11 is 3.90. The maximum absolute atomic E-state index is 2.67. The van der Waals surface area contributed by atoms with Gasteiger partial charge in [-0.1, -0.05) is 139 Å². The molecule has 5 aliphatic carbocycles. The number of fused-ring (bicyclic) bond motifs is 13. The molecule has 4 unspecified atom stereocenters. The molecule has 12 rings (SSSR count). The second-order valence-electron chi connectivity index (χ2n) is 15.0. The lowest BCUT2D eigenvalue weighted by atomic mass is 9.65. The van der Waals surface area contributed by atoms with Crippen molar-refractivity contribution in [3.05, 3.63) is 207 Å². The van der Waals surface area contributed by atoms with E-state index < -0.39 is 0 Å². The third kappa shape index (κ3) is 4.08. The fraction of sp³-hybridized carbons (Fsp3) is 0.143. The molecule has 4 atom stereocenters. The Labute approximate surface area is 319 Å². The molecule has 0 saturated heterocycles. The SMILES string of the molecule is C1=CCC2C(=C1)SC1=C(C=CCC1)N2c1ccc2c(c1)C1(c3ccccc3-2)c2ccccc2C2C(N3c4ccccc4Sc4ccccc43)=CC=CC21. The molecule has 4 heteroatoms. The summed E-state index contributed by atoms with van der Waals surface area (Å²) in [6, 6.07) is 44.3. The molecule has 254 valence electrons. The molecule has 7 aliphatic rings. The highest BCUT2D eigenvalue weighted by Gasteiger charge is 2.59. The number of hydrogen-bond acceptors (Lipinski definition) is 4. The van der Waals surface area contributed by atoms with Crippen LogP contribution in [0.3, 0.4) is 0 Å². The highest BCUT2D eigenvalue weighted by Crippen LogP contribution is 2.68. The van der Waals surface area contributed by atoms with Crippen LogP contribution in [0.5, 0.6) is 0 Å². The van der Waals surface area contributed by atoms with Gasteiger partial charge in [0.05, 0.1) is 28.5 Å². The van der Waals surface area contributed by atoms with Gasteiger partial charge in [-0.3, -0.25) is 0 Å². The van der Waals surface area contributed by atoms with Crippen molar-refractivity contribution in [2.45, 2.75) is 46.4 Å². The van der Waals surface area contributed by atoms with Crippen molar-refractivity contribution < 1.29 is 0 Å². The van der Waals surface area contributed by atoms with Gasteiger partial charge in [0.15, 0.2) is 0 Å². The molecule has 0 fully saturated rings. The molecule has 0 N–H and O–H groups in total. The molecular weight excluding hydrogens is 681 g/mol. The zero-order valence-electron chi connectivity index (χ0n) is 29.2. The molecule has 2 nitrogen and oxygen atoms in total. The topological polar surface area (TPSA) is 6.48 Å². The number of anilines is 3. The molecule has 5 aromatic carbocycles. The van der Waals surface area contributed by atoms with Gasteiger partial charge in [-0.15, -0.1) is 0 Å². The molecule has 0 saturated carbocycles. The Bertz CT molecular complexity index is 2560. The van der Waals surface area contributed by atoms with Crippen LogP contribution in [0.4, 0.5) is 17.1 Å². The lowest BCUT2D eigenvalue weighted by molar-refractivity contribution is 0.451. The van der Waals surface area contributed by atoms with Gasteiger partial charge in [-0.2, -0.15) is 0 Å². The first-order valence-electron chi connectivity index (χ1n) is 18.9. The van der Waals surface area contributed by atoms with E-state index in [1.165, 1.54) is 81.4 Å². The first-order valence-corrected chi connectivity index (χ1v) is 20.6. The molecule has 2 heterocycles. The van der Waals surface area contributed by atoms with Gasteiger partial charge in [0.25, 0.3) is 0 Å². The van der Waals surface area contributed by atoms with Crippen LogP contribution in [-0.4, -0.2) is 6.04 Å². The third-order valence-corrected chi connectivity index (χ3v) is 15.0. The van der Waals surface area contributed by atoms with Crippen LogP contribution in [0.1, 0.15) is 47.4 Å². The van der Waals surface area contributed by atoms with E-state index in [-0.39, 0.29) is 17.3 Å². The van der Waals surface area contributed by atoms with E-state index in [1.807, 2.05) is 23.5 Å². The van der Waals surface area contributed by atoms with Gasteiger partial charge in [0.1, 0.15) is 0 Å². The molecule has 0 aromatic heterocycles. The third-order valence-electron chi connectivity index (χ3n) is 12.5. The second kappa shape index (κ2) is 11.4. The lowest BCUT2D eigenvalue weighted by Gasteiger charge is -2.43.